The molecule has 0 heterocycles. The largest absolute Gasteiger partial charge is 0.492 e. The molecule has 2 heteroatoms. The number of ether oxygens (including phenoxy) is 1. The van der Waals surface area contributed by atoms with E-state index in [9.17, 15) is 0 Å². The molecule has 0 saturated carbocycles. The van der Waals surface area contributed by atoms with Crippen LogP contribution in [0.15, 0.2) is 18.2 Å². The second-order valence-electron chi connectivity index (χ2n) is 7.53. The van der Waals surface area contributed by atoms with Crippen LogP contribution in [-0.2, 0) is 5.41 Å². The fourth-order valence-corrected chi connectivity index (χ4v) is 1.79. The van der Waals surface area contributed by atoms with Gasteiger partial charge in [-0.15, -0.1) is 0 Å². The van der Waals surface area contributed by atoms with Gasteiger partial charge in [0.05, 0.1) is 0 Å². The van der Waals surface area contributed by atoms with Gasteiger partial charge in [0, 0.05) is 6.04 Å². The highest BCUT2D eigenvalue weighted by molar-refractivity contribution is 5.41. The van der Waals surface area contributed by atoms with E-state index in [-0.39, 0.29) is 16.9 Å². The van der Waals surface area contributed by atoms with Crippen molar-refractivity contribution in [2.45, 2.75) is 59.9 Å². The monoisotopic (exact) mass is 263 g/mol. The summed E-state index contributed by atoms with van der Waals surface area (Å²) < 4.78 is 5.98. The van der Waals surface area contributed by atoms with Crippen molar-refractivity contribution in [1.82, 2.24) is 0 Å². The molecule has 1 unspecified atom stereocenters. The van der Waals surface area contributed by atoms with E-state index in [0.717, 1.165) is 5.75 Å². The van der Waals surface area contributed by atoms with Gasteiger partial charge in [0.15, 0.2) is 0 Å². The zero-order valence-electron chi connectivity index (χ0n) is 13.5. The van der Waals surface area contributed by atoms with Crippen LogP contribution in [0.2, 0.25) is 0 Å². The fourth-order valence-electron chi connectivity index (χ4n) is 1.79. The number of hydrogen-bond acceptors (Lipinski definition) is 2. The summed E-state index contributed by atoms with van der Waals surface area (Å²) in [6.07, 6.45) is 0. The minimum Gasteiger partial charge on any atom is -0.492 e. The minimum atomic E-state index is 0.0293. The smallest absolute Gasteiger partial charge is 0.123 e. The highest BCUT2D eigenvalue weighted by Crippen LogP contribution is 2.32. The predicted octanol–water partition coefficient (Wildman–Crippen LogP) is 4.04. The fraction of sp³-hybridized carbons (Fsp3) is 0.647. The van der Waals surface area contributed by atoms with Crippen molar-refractivity contribution in [2.24, 2.45) is 11.1 Å². The molecule has 0 radical (unpaired) electrons. The highest BCUT2D eigenvalue weighted by Gasteiger charge is 2.23. The summed E-state index contributed by atoms with van der Waals surface area (Å²) >= 11 is 0. The van der Waals surface area contributed by atoms with E-state index in [4.69, 9.17) is 10.5 Å². The van der Waals surface area contributed by atoms with E-state index in [0.29, 0.717) is 6.61 Å². The van der Waals surface area contributed by atoms with Crippen LogP contribution in [0.3, 0.4) is 0 Å². The summed E-state index contributed by atoms with van der Waals surface area (Å²) in [6, 6.07) is 6.39. The van der Waals surface area contributed by atoms with Crippen LogP contribution >= 0.6 is 0 Å². The van der Waals surface area contributed by atoms with Gasteiger partial charge in [-0.05, 0) is 29.4 Å². The number of aryl methyl sites for hydroxylation is 1. The van der Waals surface area contributed by atoms with Crippen LogP contribution in [0.5, 0.6) is 5.75 Å². The van der Waals surface area contributed by atoms with Gasteiger partial charge in [0.25, 0.3) is 0 Å². The van der Waals surface area contributed by atoms with Gasteiger partial charge in [-0.25, -0.2) is 0 Å². The number of hydrogen-bond donors (Lipinski definition) is 1. The topological polar surface area (TPSA) is 35.2 Å². The molecule has 2 N–H and O–H groups in total. The lowest BCUT2D eigenvalue weighted by Gasteiger charge is -2.29. The Morgan fingerprint density at radius 1 is 1.11 bits per heavy atom. The number of rotatable bonds is 3. The minimum absolute atomic E-state index is 0.0293. The molecule has 0 aliphatic carbocycles. The van der Waals surface area contributed by atoms with E-state index in [1.54, 1.807) is 0 Å². The van der Waals surface area contributed by atoms with Crippen molar-refractivity contribution in [3.63, 3.8) is 0 Å². The maximum atomic E-state index is 6.16. The lowest BCUT2D eigenvalue weighted by molar-refractivity contribution is 0.203. The third kappa shape index (κ3) is 4.54. The van der Waals surface area contributed by atoms with Gasteiger partial charge in [0.2, 0.25) is 0 Å². The molecule has 0 aromatic heterocycles. The summed E-state index contributed by atoms with van der Waals surface area (Å²) in [5.41, 5.74) is 8.81. The highest BCUT2D eigenvalue weighted by atomic mass is 16.5. The second kappa shape index (κ2) is 5.54. The average Bonchev–Trinajstić information content (AvgIpc) is 2.24. The third-order valence-electron chi connectivity index (χ3n) is 3.47. The van der Waals surface area contributed by atoms with Gasteiger partial charge in [-0.2, -0.15) is 0 Å². The third-order valence-corrected chi connectivity index (χ3v) is 3.47. The van der Waals surface area contributed by atoms with E-state index < -0.39 is 0 Å². The SMILES string of the molecule is Cc1ccc(OCC(N)C(C)(C)C)c(C(C)(C)C)c1. The lowest BCUT2D eigenvalue weighted by atomic mass is 9.85. The Morgan fingerprint density at radius 2 is 1.68 bits per heavy atom. The molecule has 1 atom stereocenters. The van der Waals surface area contributed by atoms with Gasteiger partial charge in [-0.3, -0.25) is 0 Å². The summed E-state index contributed by atoms with van der Waals surface area (Å²) in [7, 11) is 0. The van der Waals surface area contributed by atoms with Crippen LogP contribution < -0.4 is 10.5 Å². The lowest BCUT2D eigenvalue weighted by Crippen LogP contribution is -2.40. The zero-order chi connectivity index (χ0) is 14.8. The van der Waals surface area contributed by atoms with E-state index in [1.807, 2.05) is 0 Å². The van der Waals surface area contributed by atoms with Crippen molar-refractivity contribution < 1.29 is 4.74 Å². The average molecular weight is 263 g/mol. The van der Waals surface area contributed by atoms with Gasteiger partial charge >= 0.3 is 0 Å². The molecular weight excluding hydrogens is 234 g/mol. The first-order valence-electron chi connectivity index (χ1n) is 7.01. The van der Waals surface area contributed by atoms with E-state index in [1.165, 1.54) is 11.1 Å². The molecule has 1 aromatic carbocycles. The predicted molar refractivity (Wildman–Crippen MR) is 82.8 cm³/mol. The summed E-state index contributed by atoms with van der Waals surface area (Å²) in [5, 5.41) is 0. The van der Waals surface area contributed by atoms with Crippen LogP contribution in [-0.4, -0.2) is 12.6 Å². The van der Waals surface area contributed by atoms with Crippen molar-refractivity contribution >= 4 is 0 Å². The molecule has 108 valence electrons. The second-order valence-corrected chi connectivity index (χ2v) is 7.53. The molecule has 1 rings (SSSR count). The Kier molecular flexibility index (Phi) is 4.67. The van der Waals surface area contributed by atoms with Crippen LogP contribution in [0.1, 0.15) is 52.7 Å². The van der Waals surface area contributed by atoms with E-state index >= 15 is 0 Å². The van der Waals surface area contributed by atoms with Crippen LogP contribution in [0, 0.1) is 12.3 Å². The van der Waals surface area contributed by atoms with Gasteiger partial charge in [-0.1, -0.05) is 59.2 Å². The molecule has 19 heavy (non-hydrogen) atoms. The maximum Gasteiger partial charge on any atom is 0.123 e. The first-order chi connectivity index (χ1) is 8.51. The standard InChI is InChI=1S/C17H29NO/c1-12-8-9-14(13(10-12)16(2,3)4)19-11-15(18)17(5,6)7/h8-10,15H,11,18H2,1-7H3. The summed E-state index contributed by atoms with van der Waals surface area (Å²) in [4.78, 5) is 0. The van der Waals surface area contributed by atoms with Crippen molar-refractivity contribution in [2.75, 3.05) is 6.61 Å². The Hall–Kier alpha value is -1.02. The number of benzene rings is 1. The Morgan fingerprint density at radius 3 is 2.16 bits per heavy atom. The normalized spacial score (nSPS) is 14.3. The molecule has 2 nitrogen and oxygen atoms in total. The van der Waals surface area contributed by atoms with Crippen LogP contribution in [0.25, 0.3) is 0 Å². The quantitative estimate of drug-likeness (QED) is 0.893. The zero-order valence-corrected chi connectivity index (χ0v) is 13.5. The molecule has 0 bridgehead atoms. The molecular formula is C17H29NO. The molecule has 1 aromatic rings. The number of nitrogens with two attached hydrogens (primary N) is 1. The molecule has 0 saturated heterocycles. The Balaban J connectivity index is 2.90. The maximum absolute atomic E-state index is 6.16. The Labute approximate surface area is 118 Å². The Bertz CT molecular complexity index is 424. The van der Waals surface area contributed by atoms with Gasteiger partial charge < -0.3 is 10.5 Å². The summed E-state index contributed by atoms with van der Waals surface area (Å²) in [6.45, 7) is 15.7. The molecule has 0 fully saturated rings. The van der Waals surface area contributed by atoms with Crippen molar-refractivity contribution in [3.8, 4) is 5.75 Å². The molecule has 0 amide bonds. The first kappa shape index (κ1) is 16.0. The van der Waals surface area contributed by atoms with Crippen molar-refractivity contribution in [1.29, 1.82) is 0 Å². The van der Waals surface area contributed by atoms with E-state index in [2.05, 4.69) is 66.7 Å². The molecule has 0 aliphatic rings. The molecule has 0 spiro atoms. The van der Waals surface area contributed by atoms with Crippen molar-refractivity contribution in [3.05, 3.63) is 29.3 Å². The summed E-state index contributed by atoms with van der Waals surface area (Å²) in [5.74, 6) is 0.956. The van der Waals surface area contributed by atoms with Crippen LogP contribution in [0.4, 0.5) is 0 Å². The molecule has 0 aliphatic heterocycles. The first-order valence-corrected chi connectivity index (χ1v) is 7.01. The van der Waals surface area contributed by atoms with Gasteiger partial charge in [0.1, 0.15) is 12.4 Å².